The summed E-state index contributed by atoms with van der Waals surface area (Å²) in [6.07, 6.45) is 0. The third kappa shape index (κ3) is 3.07. The average molecular weight is 366 g/mol. The van der Waals surface area contributed by atoms with Gasteiger partial charge in [-0.15, -0.1) is 0 Å². The van der Waals surface area contributed by atoms with Crippen LogP contribution in [0.5, 0.6) is 0 Å². The number of aromatic amines is 1. The molecule has 1 aromatic heterocycles. The first-order chi connectivity index (χ1) is 12.5. The van der Waals surface area contributed by atoms with E-state index in [2.05, 4.69) is 9.71 Å². The average Bonchev–Trinajstić information content (AvgIpc) is 3.06. The van der Waals surface area contributed by atoms with Gasteiger partial charge in [0, 0.05) is 27.8 Å². The standard InChI is InChI=1S/C20H15FN2O2S/c21-17-9-2-4-11-20(17)26(24,25)23-16-8-5-7-14(12-16)19-13-15-6-1-3-10-18(15)22-19/h1-13,22-23H. The Balaban J connectivity index is 1.69. The highest BCUT2D eigenvalue weighted by atomic mass is 32.2. The lowest BCUT2D eigenvalue weighted by molar-refractivity contribution is 0.570. The third-order valence-electron chi connectivity index (χ3n) is 4.08. The van der Waals surface area contributed by atoms with Gasteiger partial charge >= 0.3 is 0 Å². The summed E-state index contributed by atoms with van der Waals surface area (Å²) < 4.78 is 41.2. The van der Waals surface area contributed by atoms with E-state index in [1.54, 1.807) is 18.2 Å². The highest BCUT2D eigenvalue weighted by Gasteiger charge is 2.18. The van der Waals surface area contributed by atoms with Gasteiger partial charge in [0.25, 0.3) is 10.0 Å². The number of benzene rings is 3. The largest absolute Gasteiger partial charge is 0.355 e. The summed E-state index contributed by atoms with van der Waals surface area (Å²) in [7, 11) is -4.00. The summed E-state index contributed by atoms with van der Waals surface area (Å²) in [4.78, 5) is 2.93. The van der Waals surface area contributed by atoms with Crippen LogP contribution in [0.3, 0.4) is 0 Å². The zero-order chi connectivity index (χ0) is 18.1. The predicted octanol–water partition coefficient (Wildman–Crippen LogP) is 4.77. The van der Waals surface area contributed by atoms with Crippen molar-refractivity contribution in [2.75, 3.05) is 4.72 Å². The van der Waals surface area contributed by atoms with Crippen LogP contribution in [0, 0.1) is 5.82 Å². The molecule has 3 aromatic carbocycles. The lowest BCUT2D eigenvalue weighted by Gasteiger charge is -2.10. The van der Waals surface area contributed by atoms with E-state index in [4.69, 9.17) is 0 Å². The molecule has 0 radical (unpaired) electrons. The molecule has 0 spiro atoms. The Hall–Kier alpha value is -3.12. The van der Waals surface area contributed by atoms with E-state index in [9.17, 15) is 12.8 Å². The first-order valence-electron chi connectivity index (χ1n) is 7.98. The van der Waals surface area contributed by atoms with Crippen molar-refractivity contribution in [1.82, 2.24) is 4.98 Å². The molecule has 0 fully saturated rings. The Bertz CT molecular complexity index is 1170. The van der Waals surface area contributed by atoms with Crippen LogP contribution in [0.1, 0.15) is 0 Å². The van der Waals surface area contributed by atoms with E-state index in [-0.39, 0.29) is 4.90 Å². The van der Waals surface area contributed by atoms with Gasteiger partial charge in [0.15, 0.2) is 0 Å². The Labute approximate surface area is 150 Å². The number of anilines is 1. The number of para-hydroxylation sites is 1. The number of hydrogen-bond acceptors (Lipinski definition) is 2. The first kappa shape index (κ1) is 16.4. The molecular weight excluding hydrogens is 351 g/mol. The highest BCUT2D eigenvalue weighted by molar-refractivity contribution is 7.92. The lowest BCUT2D eigenvalue weighted by Crippen LogP contribution is -2.14. The van der Waals surface area contributed by atoms with E-state index >= 15 is 0 Å². The molecule has 6 heteroatoms. The maximum absolute atomic E-state index is 13.8. The van der Waals surface area contributed by atoms with Gasteiger partial charge in [0.05, 0.1) is 0 Å². The van der Waals surface area contributed by atoms with Crippen molar-refractivity contribution in [3.05, 3.63) is 84.7 Å². The Morgan fingerprint density at radius 3 is 2.42 bits per heavy atom. The number of nitrogens with one attached hydrogen (secondary N) is 2. The van der Waals surface area contributed by atoms with Gasteiger partial charge < -0.3 is 4.98 Å². The molecule has 2 N–H and O–H groups in total. The van der Waals surface area contributed by atoms with E-state index in [0.29, 0.717) is 5.69 Å². The van der Waals surface area contributed by atoms with Crippen LogP contribution in [0.4, 0.5) is 10.1 Å². The van der Waals surface area contributed by atoms with Gasteiger partial charge in [0.1, 0.15) is 10.7 Å². The van der Waals surface area contributed by atoms with Crippen molar-refractivity contribution in [1.29, 1.82) is 0 Å². The second kappa shape index (κ2) is 6.31. The van der Waals surface area contributed by atoms with Gasteiger partial charge in [-0.1, -0.05) is 42.5 Å². The number of rotatable bonds is 4. The van der Waals surface area contributed by atoms with Crippen LogP contribution >= 0.6 is 0 Å². The van der Waals surface area contributed by atoms with E-state index in [1.165, 1.54) is 18.2 Å². The normalized spacial score (nSPS) is 11.6. The quantitative estimate of drug-likeness (QED) is 0.546. The fraction of sp³-hybridized carbons (Fsp3) is 0. The summed E-state index contributed by atoms with van der Waals surface area (Å²) in [5.41, 5.74) is 3.07. The number of halogens is 1. The molecule has 4 nitrogen and oxygen atoms in total. The molecule has 4 rings (SSSR count). The van der Waals surface area contributed by atoms with Crippen molar-refractivity contribution >= 4 is 26.6 Å². The minimum Gasteiger partial charge on any atom is -0.355 e. The first-order valence-corrected chi connectivity index (χ1v) is 9.47. The maximum atomic E-state index is 13.8. The molecule has 0 unspecified atom stereocenters. The molecule has 0 atom stereocenters. The molecule has 1 heterocycles. The smallest absolute Gasteiger partial charge is 0.264 e. The second-order valence-corrected chi connectivity index (χ2v) is 7.54. The Morgan fingerprint density at radius 2 is 1.62 bits per heavy atom. The van der Waals surface area contributed by atoms with Crippen LogP contribution in [0.15, 0.2) is 83.8 Å². The highest BCUT2D eigenvalue weighted by Crippen LogP contribution is 2.27. The fourth-order valence-electron chi connectivity index (χ4n) is 2.85. The molecular formula is C20H15FN2O2S. The topological polar surface area (TPSA) is 62.0 Å². The minimum atomic E-state index is -4.00. The van der Waals surface area contributed by atoms with Gasteiger partial charge in [-0.05, 0) is 36.4 Å². The fourth-order valence-corrected chi connectivity index (χ4v) is 3.98. The molecule has 0 aliphatic carbocycles. The Kier molecular flexibility index (Phi) is 3.97. The number of sulfonamides is 1. The predicted molar refractivity (Wildman–Crippen MR) is 101 cm³/mol. The third-order valence-corrected chi connectivity index (χ3v) is 5.50. The number of H-pyrrole nitrogens is 1. The molecule has 0 bridgehead atoms. The molecule has 4 aromatic rings. The van der Waals surface area contributed by atoms with Gasteiger partial charge in [0.2, 0.25) is 0 Å². The van der Waals surface area contributed by atoms with Crippen LogP contribution in [0.25, 0.3) is 22.2 Å². The van der Waals surface area contributed by atoms with Crippen LogP contribution in [-0.2, 0) is 10.0 Å². The molecule has 26 heavy (non-hydrogen) atoms. The zero-order valence-electron chi connectivity index (χ0n) is 13.6. The van der Waals surface area contributed by atoms with Crippen LogP contribution < -0.4 is 4.72 Å². The van der Waals surface area contributed by atoms with E-state index in [0.717, 1.165) is 28.2 Å². The minimum absolute atomic E-state index is 0.365. The Morgan fingerprint density at radius 1 is 0.846 bits per heavy atom. The van der Waals surface area contributed by atoms with Gasteiger partial charge in [-0.25, -0.2) is 12.8 Å². The van der Waals surface area contributed by atoms with E-state index in [1.807, 2.05) is 36.4 Å². The van der Waals surface area contributed by atoms with Crippen molar-refractivity contribution < 1.29 is 12.8 Å². The zero-order valence-corrected chi connectivity index (χ0v) is 14.4. The number of aromatic nitrogens is 1. The maximum Gasteiger partial charge on any atom is 0.264 e. The molecule has 0 aliphatic rings. The summed E-state index contributed by atoms with van der Waals surface area (Å²) >= 11 is 0. The number of fused-ring (bicyclic) bond motifs is 1. The lowest BCUT2D eigenvalue weighted by atomic mass is 10.1. The number of hydrogen-bond donors (Lipinski definition) is 2. The monoisotopic (exact) mass is 366 g/mol. The van der Waals surface area contributed by atoms with Crippen molar-refractivity contribution in [2.45, 2.75) is 4.90 Å². The van der Waals surface area contributed by atoms with Crippen LogP contribution in [-0.4, -0.2) is 13.4 Å². The molecule has 0 saturated carbocycles. The van der Waals surface area contributed by atoms with Crippen molar-refractivity contribution in [2.24, 2.45) is 0 Å². The van der Waals surface area contributed by atoms with Crippen molar-refractivity contribution in [3.8, 4) is 11.3 Å². The van der Waals surface area contributed by atoms with E-state index < -0.39 is 15.8 Å². The van der Waals surface area contributed by atoms with Gasteiger partial charge in [-0.2, -0.15) is 0 Å². The molecule has 0 saturated heterocycles. The molecule has 130 valence electrons. The van der Waals surface area contributed by atoms with Crippen molar-refractivity contribution in [3.63, 3.8) is 0 Å². The summed E-state index contributed by atoms with van der Waals surface area (Å²) in [6, 6.07) is 22.1. The summed E-state index contributed by atoms with van der Waals surface area (Å²) in [5, 5.41) is 1.07. The molecule has 0 aliphatic heterocycles. The van der Waals surface area contributed by atoms with Crippen LogP contribution in [0.2, 0.25) is 0 Å². The van der Waals surface area contributed by atoms with Gasteiger partial charge in [-0.3, -0.25) is 4.72 Å². The SMILES string of the molecule is O=S(=O)(Nc1cccc(-c2cc3ccccc3[nH]2)c1)c1ccccc1F. The second-order valence-electron chi connectivity index (χ2n) is 5.89. The summed E-state index contributed by atoms with van der Waals surface area (Å²) in [5.74, 6) is -0.785. The summed E-state index contributed by atoms with van der Waals surface area (Å²) in [6.45, 7) is 0. The molecule has 0 amide bonds.